The first kappa shape index (κ1) is 16.5. The molecule has 2 rings (SSSR count). The maximum Gasteiger partial charge on any atom is 0.00967 e. The molecule has 0 radical (unpaired) electrons. The minimum Gasteiger partial charge on any atom is -0.312 e. The van der Waals surface area contributed by atoms with Crippen LogP contribution in [0.5, 0.6) is 0 Å². The van der Waals surface area contributed by atoms with E-state index in [4.69, 9.17) is 0 Å². The second-order valence-corrected chi connectivity index (χ2v) is 8.34. The van der Waals surface area contributed by atoms with Gasteiger partial charge in [-0.2, -0.15) is 0 Å². The lowest BCUT2D eigenvalue weighted by Gasteiger charge is -2.40. The van der Waals surface area contributed by atoms with Crippen molar-refractivity contribution in [3.63, 3.8) is 0 Å². The highest BCUT2D eigenvalue weighted by Gasteiger charge is 2.33. The average molecular weight is 287 g/mol. The third-order valence-electron chi connectivity index (χ3n) is 4.77. The van der Waals surface area contributed by atoms with E-state index in [-0.39, 0.29) is 5.54 Å². The van der Waals surface area contributed by atoms with Gasteiger partial charge in [-0.3, -0.25) is 0 Å². The summed E-state index contributed by atoms with van der Waals surface area (Å²) in [6.07, 6.45) is 8.21. The first-order valence-corrected chi connectivity index (χ1v) is 8.60. The summed E-state index contributed by atoms with van der Waals surface area (Å²) >= 11 is 0. The molecule has 0 spiro atoms. The van der Waals surface area contributed by atoms with Crippen LogP contribution in [-0.2, 0) is 6.42 Å². The lowest BCUT2D eigenvalue weighted by Crippen LogP contribution is -2.45. The van der Waals surface area contributed by atoms with Gasteiger partial charge in [-0.15, -0.1) is 0 Å². The maximum atomic E-state index is 3.78. The van der Waals surface area contributed by atoms with Gasteiger partial charge in [-0.1, -0.05) is 48.6 Å². The van der Waals surface area contributed by atoms with Crippen LogP contribution in [0.2, 0.25) is 0 Å². The van der Waals surface area contributed by atoms with Crippen molar-refractivity contribution in [3.05, 3.63) is 34.9 Å². The molecule has 0 aliphatic heterocycles. The number of hydrogen-bond donors (Lipinski definition) is 1. The van der Waals surface area contributed by atoms with E-state index in [0.29, 0.717) is 5.41 Å². The standard InChI is InChI=1S/C20H33N/c1-16-11-17(2)13-18(12-16)14-20(9-7-6-8-10-20)15-21-19(3,4)5/h11-13,21H,6-10,14-15H2,1-5H3. The predicted molar refractivity (Wildman–Crippen MR) is 92.9 cm³/mol. The second-order valence-electron chi connectivity index (χ2n) is 8.34. The molecule has 1 saturated carbocycles. The Bertz CT molecular complexity index is 441. The summed E-state index contributed by atoms with van der Waals surface area (Å²) in [7, 11) is 0. The highest BCUT2D eigenvalue weighted by Crippen LogP contribution is 2.39. The van der Waals surface area contributed by atoms with E-state index in [1.54, 1.807) is 0 Å². The summed E-state index contributed by atoms with van der Waals surface area (Å²) in [5.74, 6) is 0. The Morgan fingerprint density at radius 1 is 0.952 bits per heavy atom. The first-order chi connectivity index (χ1) is 9.78. The molecule has 1 aliphatic carbocycles. The van der Waals surface area contributed by atoms with E-state index in [1.807, 2.05) is 0 Å². The SMILES string of the molecule is Cc1cc(C)cc(CC2(CNC(C)(C)C)CCCCC2)c1. The fourth-order valence-corrected chi connectivity index (χ4v) is 3.77. The van der Waals surface area contributed by atoms with Gasteiger partial charge in [0, 0.05) is 12.1 Å². The molecule has 0 heterocycles. The van der Waals surface area contributed by atoms with Crippen LogP contribution < -0.4 is 5.32 Å². The van der Waals surface area contributed by atoms with Crippen LogP contribution in [0.25, 0.3) is 0 Å². The molecular weight excluding hydrogens is 254 g/mol. The normalized spacial score (nSPS) is 18.7. The largest absolute Gasteiger partial charge is 0.312 e. The number of hydrogen-bond acceptors (Lipinski definition) is 1. The van der Waals surface area contributed by atoms with Crippen molar-refractivity contribution in [2.24, 2.45) is 5.41 Å². The summed E-state index contributed by atoms with van der Waals surface area (Å²) in [4.78, 5) is 0. The van der Waals surface area contributed by atoms with Gasteiger partial charge in [-0.25, -0.2) is 0 Å². The van der Waals surface area contributed by atoms with Crippen LogP contribution >= 0.6 is 0 Å². The zero-order valence-electron chi connectivity index (χ0n) is 14.7. The molecule has 21 heavy (non-hydrogen) atoms. The van der Waals surface area contributed by atoms with Gasteiger partial charge < -0.3 is 5.32 Å². The second kappa shape index (κ2) is 6.52. The third kappa shape index (κ3) is 5.14. The van der Waals surface area contributed by atoms with E-state index < -0.39 is 0 Å². The molecule has 118 valence electrons. The van der Waals surface area contributed by atoms with Crippen molar-refractivity contribution in [2.75, 3.05) is 6.54 Å². The number of rotatable bonds is 4. The summed E-state index contributed by atoms with van der Waals surface area (Å²) < 4.78 is 0. The number of aryl methyl sites for hydroxylation is 2. The van der Waals surface area contributed by atoms with Gasteiger partial charge in [-0.05, 0) is 64.9 Å². The Morgan fingerprint density at radius 3 is 2.05 bits per heavy atom. The van der Waals surface area contributed by atoms with Gasteiger partial charge in [0.05, 0.1) is 0 Å². The van der Waals surface area contributed by atoms with Crippen molar-refractivity contribution >= 4 is 0 Å². The fraction of sp³-hybridized carbons (Fsp3) is 0.700. The predicted octanol–water partition coefficient (Wildman–Crippen LogP) is 5.18. The third-order valence-corrected chi connectivity index (χ3v) is 4.77. The highest BCUT2D eigenvalue weighted by molar-refractivity contribution is 5.29. The molecule has 1 aromatic carbocycles. The van der Waals surface area contributed by atoms with Crippen LogP contribution in [0.3, 0.4) is 0 Å². The molecule has 0 unspecified atom stereocenters. The monoisotopic (exact) mass is 287 g/mol. The molecule has 0 saturated heterocycles. The summed E-state index contributed by atoms with van der Waals surface area (Å²) in [5, 5.41) is 3.78. The van der Waals surface area contributed by atoms with Crippen LogP contribution in [0.1, 0.15) is 69.6 Å². The Morgan fingerprint density at radius 2 is 1.52 bits per heavy atom. The average Bonchev–Trinajstić information content (AvgIpc) is 2.35. The van der Waals surface area contributed by atoms with E-state index >= 15 is 0 Å². The first-order valence-electron chi connectivity index (χ1n) is 8.60. The summed E-state index contributed by atoms with van der Waals surface area (Å²) in [5.41, 5.74) is 5.02. The van der Waals surface area contributed by atoms with Gasteiger partial charge in [0.1, 0.15) is 0 Å². The smallest absolute Gasteiger partial charge is 0.00967 e. The minimum atomic E-state index is 0.215. The molecule has 1 heteroatoms. The molecule has 1 fully saturated rings. The maximum absolute atomic E-state index is 3.78. The number of benzene rings is 1. The number of nitrogens with one attached hydrogen (secondary N) is 1. The summed E-state index contributed by atoms with van der Waals surface area (Å²) in [6.45, 7) is 12.4. The van der Waals surface area contributed by atoms with E-state index in [1.165, 1.54) is 55.2 Å². The van der Waals surface area contributed by atoms with Gasteiger partial charge in [0.25, 0.3) is 0 Å². The molecule has 1 aromatic rings. The molecule has 1 aliphatic rings. The van der Waals surface area contributed by atoms with Crippen LogP contribution in [0.4, 0.5) is 0 Å². The topological polar surface area (TPSA) is 12.0 Å². The van der Waals surface area contributed by atoms with Crippen molar-refractivity contribution in [2.45, 2.75) is 78.7 Å². The molecule has 1 N–H and O–H groups in total. The minimum absolute atomic E-state index is 0.215. The van der Waals surface area contributed by atoms with Crippen molar-refractivity contribution in [3.8, 4) is 0 Å². The Balaban J connectivity index is 2.15. The zero-order valence-corrected chi connectivity index (χ0v) is 14.7. The fourth-order valence-electron chi connectivity index (χ4n) is 3.77. The Hall–Kier alpha value is -0.820. The lowest BCUT2D eigenvalue weighted by molar-refractivity contribution is 0.165. The van der Waals surface area contributed by atoms with E-state index in [2.05, 4.69) is 58.1 Å². The molecule has 0 amide bonds. The molecule has 0 atom stereocenters. The molecule has 1 nitrogen and oxygen atoms in total. The Kier molecular flexibility index (Phi) is 5.14. The van der Waals surface area contributed by atoms with Gasteiger partial charge in [0.2, 0.25) is 0 Å². The molecule has 0 bridgehead atoms. The van der Waals surface area contributed by atoms with Gasteiger partial charge >= 0.3 is 0 Å². The van der Waals surface area contributed by atoms with Crippen LogP contribution in [0, 0.1) is 19.3 Å². The molecular formula is C20H33N. The van der Waals surface area contributed by atoms with Crippen molar-refractivity contribution < 1.29 is 0 Å². The van der Waals surface area contributed by atoms with E-state index in [9.17, 15) is 0 Å². The van der Waals surface area contributed by atoms with Gasteiger partial charge in [0.15, 0.2) is 0 Å². The van der Waals surface area contributed by atoms with Crippen molar-refractivity contribution in [1.29, 1.82) is 0 Å². The van der Waals surface area contributed by atoms with Crippen LogP contribution in [-0.4, -0.2) is 12.1 Å². The highest BCUT2D eigenvalue weighted by atomic mass is 15.0. The van der Waals surface area contributed by atoms with E-state index in [0.717, 1.165) is 6.54 Å². The Labute approximate surface area is 131 Å². The quantitative estimate of drug-likeness (QED) is 0.804. The lowest BCUT2D eigenvalue weighted by atomic mass is 9.70. The summed E-state index contributed by atoms with van der Waals surface area (Å²) in [6, 6.07) is 7.06. The van der Waals surface area contributed by atoms with Crippen LogP contribution in [0.15, 0.2) is 18.2 Å². The zero-order chi connectivity index (χ0) is 15.5. The van der Waals surface area contributed by atoms with Crippen molar-refractivity contribution in [1.82, 2.24) is 5.32 Å². The molecule has 0 aromatic heterocycles.